The number of thiophene rings is 1. The third-order valence-electron chi connectivity index (χ3n) is 5.59. The van der Waals surface area contributed by atoms with E-state index in [0.717, 1.165) is 22.3 Å². The molecule has 1 aliphatic rings. The number of carbonyl (C=O) groups excluding carboxylic acids is 1. The van der Waals surface area contributed by atoms with Gasteiger partial charge in [0.05, 0.1) is 28.8 Å². The quantitative estimate of drug-likeness (QED) is 0.466. The fourth-order valence-corrected chi connectivity index (χ4v) is 6.47. The maximum atomic E-state index is 12.9. The number of aryl methyl sites for hydroxylation is 1. The van der Waals surface area contributed by atoms with Crippen LogP contribution in [0.1, 0.15) is 16.1 Å². The maximum Gasteiger partial charge on any atom is 0.263 e. The molecule has 160 valence electrons. The van der Waals surface area contributed by atoms with Crippen molar-refractivity contribution in [3.8, 4) is 22.3 Å². The Balaban J connectivity index is 1.41. The Bertz CT molecular complexity index is 1400. The third kappa shape index (κ3) is 3.63. The highest BCUT2D eigenvalue weighted by atomic mass is 32.2. The zero-order valence-corrected chi connectivity index (χ0v) is 18.6. The molecule has 1 atom stereocenters. The van der Waals surface area contributed by atoms with Crippen molar-refractivity contribution in [1.82, 2.24) is 29.3 Å². The SMILES string of the molecule is CN(C(=O)c1cc(-c2cnn3cc(-c4cnn(C)c4)cnc23)cs1)C1CCS(=O)(=O)C1. The van der Waals surface area contributed by atoms with Gasteiger partial charge >= 0.3 is 0 Å². The van der Waals surface area contributed by atoms with Crippen LogP contribution in [0.25, 0.3) is 27.9 Å². The molecule has 4 aromatic heterocycles. The van der Waals surface area contributed by atoms with Gasteiger partial charge in [-0.1, -0.05) is 0 Å². The summed E-state index contributed by atoms with van der Waals surface area (Å²) >= 11 is 1.34. The topological polar surface area (TPSA) is 102 Å². The number of fused-ring (bicyclic) bond motifs is 1. The molecule has 0 aromatic carbocycles. The van der Waals surface area contributed by atoms with Gasteiger partial charge < -0.3 is 4.90 Å². The molecule has 0 spiro atoms. The number of carbonyl (C=O) groups is 1. The largest absolute Gasteiger partial charge is 0.337 e. The summed E-state index contributed by atoms with van der Waals surface area (Å²) in [6.45, 7) is 0. The highest BCUT2D eigenvalue weighted by Crippen LogP contribution is 2.30. The van der Waals surface area contributed by atoms with Crippen molar-refractivity contribution in [3.05, 3.63) is 47.3 Å². The predicted molar refractivity (Wildman–Crippen MR) is 118 cm³/mol. The van der Waals surface area contributed by atoms with E-state index in [1.54, 1.807) is 39.7 Å². The van der Waals surface area contributed by atoms with E-state index in [0.29, 0.717) is 16.9 Å². The van der Waals surface area contributed by atoms with E-state index in [1.807, 2.05) is 30.9 Å². The van der Waals surface area contributed by atoms with Gasteiger partial charge in [-0.2, -0.15) is 10.2 Å². The smallest absolute Gasteiger partial charge is 0.263 e. The molecule has 1 fully saturated rings. The second-order valence-electron chi connectivity index (χ2n) is 7.74. The van der Waals surface area contributed by atoms with Crippen LogP contribution in [0.3, 0.4) is 0 Å². The highest BCUT2D eigenvalue weighted by molar-refractivity contribution is 7.91. The second-order valence-corrected chi connectivity index (χ2v) is 10.9. The molecular weight excluding hydrogens is 436 g/mol. The van der Waals surface area contributed by atoms with E-state index in [4.69, 9.17) is 0 Å². The summed E-state index contributed by atoms with van der Waals surface area (Å²) in [6.07, 6.45) is 9.59. The zero-order valence-electron chi connectivity index (χ0n) is 17.0. The van der Waals surface area contributed by atoms with Gasteiger partial charge in [0.25, 0.3) is 5.91 Å². The van der Waals surface area contributed by atoms with Crippen molar-refractivity contribution < 1.29 is 13.2 Å². The van der Waals surface area contributed by atoms with Gasteiger partial charge in [-0.25, -0.2) is 17.9 Å². The molecule has 0 radical (unpaired) electrons. The van der Waals surface area contributed by atoms with Crippen LogP contribution in [0.5, 0.6) is 0 Å². The molecule has 0 bridgehead atoms. The average Bonchev–Trinajstić information content (AvgIpc) is 3.51. The van der Waals surface area contributed by atoms with Crippen LogP contribution in [0.15, 0.2) is 42.4 Å². The van der Waals surface area contributed by atoms with Gasteiger partial charge in [-0.05, 0) is 23.4 Å². The summed E-state index contributed by atoms with van der Waals surface area (Å²) in [5.41, 5.74) is 4.25. The first-order valence-corrected chi connectivity index (χ1v) is 12.4. The molecule has 1 amide bonds. The Kier molecular flexibility index (Phi) is 4.67. The van der Waals surface area contributed by atoms with Crippen LogP contribution in [-0.4, -0.2) is 68.2 Å². The number of amides is 1. The molecule has 1 aliphatic heterocycles. The second kappa shape index (κ2) is 7.27. The summed E-state index contributed by atoms with van der Waals surface area (Å²) < 4.78 is 26.9. The lowest BCUT2D eigenvalue weighted by Gasteiger charge is -2.22. The fraction of sp³-hybridized carbons (Fsp3) is 0.300. The van der Waals surface area contributed by atoms with Gasteiger partial charge in [-0.15, -0.1) is 11.3 Å². The van der Waals surface area contributed by atoms with Crippen LogP contribution in [0, 0.1) is 0 Å². The zero-order chi connectivity index (χ0) is 21.8. The Hall–Kier alpha value is -3.05. The summed E-state index contributed by atoms with van der Waals surface area (Å²) in [6, 6.07) is 1.55. The molecule has 11 heteroatoms. The van der Waals surface area contributed by atoms with E-state index in [2.05, 4.69) is 15.2 Å². The minimum absolute atomic E-state index is 0.0324. The van der Waals surface area contributed by atoms with Crippen molar-refractivity contribution in [2.24, 2.45) is 7.05 Å². The van der Waals surface area contributed by atoms with Crippen LogP contribution in [0.4, 0.5) is 0 Å². The Morgan fingerprint density at radius 2 is 1.97 bits per heavy atom. The lowest BCUT2D eigenvalue weighted by Crippen LogP contribution is -2.37. The van der Waals surface area contributed by atoms with Gasteiger partial charge in [0.2, 0.25) is 0 Å². The van der Waals surface area contributed by atoms with Crippen molar-refractivity contribution >= 4 is 32.7 Å². The van der Waals surface area contributed by atoms with Gasteiger partial charge in [-0.3, -0.25) is 9.48 Å². The fourth-order valence-electron chi connectivity index (χ4n) is 3.81. The Morgan fingerprint density at radius 1 is 1.16 bits per heavy atom. The van der Waals surface area contributed by atoms with E-state index in [-0.39, 0.29) is 23.5 Å². The molecule has 1 saturated heterocycles. The van der Waals surface area contributed by atoms with E-state index in [9.17, 15) is 13.2 Å². The first-order valence-electron chi connectivity index (χ1n) is 9.69. The Morgan fingerprint density at radius 3 is 2.68 bits per heavy atom. The molecule has 9 nitrogen and oxygen atoms in total. The molecule has 4 aromatic rings. The van der Waals surface area contributed by atoms with Crippen molar-refractivity contribution in [2.75, 3.05) is 18.6 Å². The molecule has 5 heterocycles. The van der Waals surface area contributed by atoms with Crippen molar-refractivity contribution in [2.45, 2.75) is 12.5 Å². The van der Waals surface area contributed by atoms with Crippen molar-refractivity contribution in [3.63, 3.8) is 0 Å². The lowest BCUT2D eigenvalue weighted by atomic mass is 10.1. The van der Waals surface area contributed by atoms with E-state index < -0.39 is 9.84 Å². The minimum atomic E-state index is -3.05. The number of nitrogens with zero attached hydrogens (tertiary/aromatic N) is 6. The number of rotatable bonds is 4. The average molecular weight is 457 g/mol. The molecule has 0 saturated carbocycles. The first kappa shape index (κ1) is 19.9. The summed E-state index contributed by atoms with van der Waals surface area (Å²) in [5.74, 6) is 0.00627. The molecular formula is C20H20N6O3S2. The van der Waals surface area contributed by atoms with Crippen molar-refractivity contribution in [1.29, 1.82) is 0 Å². The molecule has 31 heavy (non-hydrogen) atoms. The minimum Gasteiger partial charge on any atom is -0.337 e. The molecule has 5 rings (SSSR count). The van der Waals surface area contributed by atoms with E-state index in [1.165, 1.54) is 11.3 Å². The van der Waals surface area contributed by atoms with Gasteiger partial charge in [0.15, 0.2) is 15.5 Å². The van der Waals surface area contributed by atoms with E-state index >= 15 is 0 Å². The maximum absolute atomic E-state index is 12.9. The third-order valence-corrected chi connectivity index (χ3v) is 8.26. The van der Waals surface area contributed by atoms with Gasteiger partial charge in [0, 0.05) is 55.4 Å². The van der Waals surface area contributed by atoms with Gasteiger partial charge in [0.1, 0.15) is 0 Å². The van der Waals surface area contributed by atoms with Crippen LogP contribution < -0.4 is 0 Å². The standard InChI is InChI=1S/C20H20N6O3S2/c1-24-9-15(7-22-24)14-6-21-19-17(8-23-26(19)10-14)13-5-18(30-11-13)20(27)25(2)16-3-4-31(28,29)12-16/h5-11,16H,3-4,12H2,1-2H3. The normalized spacial score (nSPS) is 17.9. The molecule has 0 N–H and O–H groups in total. The number of hydrogen-bond donors (Lipinski definition) is 0. The van der Waals surface area contributed by atoms with Crippen LogP contribution >= 0.6 is 11.3 Å². The summed E-state index contributed by atoms with van der Waals surface area (Å²) in [7, 11) is 0.484. The first-order chi connectivity index (χ1) is 14.8. The highest BCUT2D eigenvalue weighted by Gasteiger charge is 2.33. The number of hydrogen-bond acceptors (Lipinski definition) is 7. The summed E-state index contributed by atoms with van der Waals surface area (Å²) in [5, 5.41) is 10.5. The summed E-state index contributed by atoms with van der Waals surface area (Å²) in [4.78, 5) is 19.6. The number of aromatic nitrogens is 5. The Labute approximate surface area is 182 Å². The monoisotopic (exact) mass is 456 g/mol. The molecule has 0 aliphatic carbocycles. The predicted octanol–water partition coefficient (Wildman–Crippen LogP) is 2.12. The van der Waals surface area contributed by atoms with Crippen LogP contribution in [0.2, 0.25) is 0 Å². The lowest BCUT2D eigenvalue weighted by molar-refractivity contribution is 0.0752. The number of sulfone groups is 1. The van der Waals surface area contributed by atoms with Crippen LogP contribution in [-0.2, 0) is 16.9 Å². The molecule has 1 unspecified atom stereocenters.